The van der Waals surface area contributed by atoms with Gasteiger partial charge in [0.25, 0.3) is 20.7 Å². The minimum absolute atomic E-state index is 0.0630. The van der Waals surface area contributed by atoms with Crippen LogP contribution >= 0.6 is 15.9 Å². The van der Waals surface area contributed by atoms with Crippen molar-refractivity contribution < 1.29 is 8.42 Å². The highest BCUT2D eigenvalue weighted by Crippen LogP contribution is 2.16. The molecule has 3 aromatic rings. The normalized spacial score (nSPS) is 11.4. The minimum Gasteiger partial charge on any atom is -0.277 e. The standard InChI is InChI=1S/C19H19BrN4O3S/c1-3-14-6-10-17(11-7-14)23-28(26,27)19-22-21-13(2)18(25)24(19)12-15-4-8-16(20)9-5-15/h4-11,23H,3,12H2,1-2H3. The second kappa shape index (κ2) is 8.24. The largest absolute Gasteiger partial charge is 0.297 e. The van der Waals surface area contributed by atoms with E-state index in [4.69, 9.17) is 0 Å². The van der Waals surface area contributed by atoms with E-state index in [0.717, 1.165) is 26.6 Å². The Bertz CT molecular complexity index is 1140. The summed E-state index contributed by atoms with van der Waals surface area (Å²) >= 11 is 3.35. The number of anilines is 1. The zero-order valence-corrected chi connectivity index (χ0v) is 17.8. The quantitative estimate of drug-likeness (QED) is 0.607. The Morgan fingerprint density at radius 2 is 1.61 bits per heavy atom. The van der Waals surface area contributed by atoms with Crippen LogP contribution in [0, 0.1) is 6.92 Å². The topological polar surface area (TPSA) is 94.0 Å². The number of rotatable bonds is 6. The van der Waals surface area contributed by atoms with Gasteiger partial charge in [-0.1, -0.05) is 47.1 Å². The predicted molar refractivity (Wildman–Crippen MR) is 111 cm³/mol. The number of nitrogens with one attached hydrogen (secondary N) is 1. The maximum atomic E-state index is 12.9. The lowest BCUT2D eigenvalue weighted by atomic mass is 10.2. The fourth-order valence-corrected chi connectivity index (χ4v) is 4.00. The number of aryl methyl sites for hydroxylation is 2. The smallest absolute Gasteiger partial charge is 0.277 e. The Labute approximate surface area is 171 Å². The lowest BCUT2D eigenvalue weighted by Gasteiger charge is -2.14. The fraction of sp³-hybridized carbons (Fsp3) is 0.211. The van der Waals surface area contributed by atoms with E-state index in [-0.39, 0.29) is 12.2 Å². The third kappa shape index (κ3) is 4.48. The fourth-order valence-electron chi connectivity index (χ4n) is 2.62. The molecule has 3 rings (SSSR count). The summed E-state index contributed by atoms with van der Waals surface area (Å²) in [6.07, 6.45) is 0.850. The van der Waals surface area contributed by atoms with Gasteiger partial charge < -0.3 is 0 Å². The molecule has 0 aliphatic rings. The number of benzene rings is 2. The second-order valence-electron chi connectivity index (χ2n) is 6.24. The molecule has 0 unspecified atom stereocenters. The Balaban J connectivity index is 2.00. The zero-order chi connectivity index (χ0) is 20.3. The van der Waals surface area contributed by atoms with E-state index >= 15 is 0 Å². The molecule has 1 N–H and O–H groups in total. The summed E-state index contributed by atoms with van der Waals surface area (Å²) in [6.45, 7) is 3.58. The van der Waals surface area contributed by atoms with Crippen molar-refractivity contribution in [2.24, 2.45) is 0 Å². The van der Waals surface area contributed by atoms with Crippen molar-refractivity contribution in [2.45, 2.75) is 32.0 Å². The van der Waals surface area contributed by atoms with Crippen LogP contribution < -0.4 is 10.3 Å². The van der Waals surface area contributed by atoms with Crippen LogP contribution in [0.3, 0.4) is 0 Å². The lowest BCUT2D eigenvalue weighted by Crippen LogP contribution is -2.32. The van der Waals surface area contributed by atoms with Gasteiger partial charge in [-0.3, -0.25) is 14.1 Å². The van der Waals surface area contributed by atoms with Crippen molar-refractivity contribution in [3.63, 3.8) is 0 Å². The van der Waals surface area contributed by atoms with Crippen LogP contribution in [0.4, 0.5) is 5.69 Å². The van der Waals surface area contributed by atoms with Crippen LogP contribution in [0.15, 0.2) is 63.0 Å². The molecule has 0 saturated carbocycles. The molecule has 0 amide bonds. The summed E-state index contributed by atoms with van der Waals surface area (Å²) in [4.78, 5) is 12.6. The summed E-state index contributed by atoms with van der Waals surface area (Å²) in [5, 5.41) is 7.10. The summed E-state index contributed by atoms with van der Waals surface area (Å²) in [6, 6.07) is 14.3. The van der Waals surface area contributed by atoms with E-state index in [9.17, 15) is 13.2 Å². The molecule has 0 aliphatic heterocycles. The first-order valence-corrected chi connectivity index (χ1v) is 10.9. The van der Waals surface area contributed by atoms with Gasteiger partial charge in [-0.05, 0) is 48.7 Å². The third-order valence-corrected chi connectivity index (χ3v) is 6.00. The molecule has 7 nitrogen and oxygen atoms in total. The van der Waals surface area contributed by atoms with Gasteiger partial charge in [-0.25, -0.2) is 0 Å². The summed E-state index contributed by atoms with van der Waals surface area (Å²) < 4.78 is 30.3. The summed E-state index contributed by atoms with van der Waals surface area (Å²) in [5.74, 6) is 0. The van der Waals surface area contributed by atoms with Crippen LogP contribution in [-0.4, -0.2) is 23.2 Å². The molecule has 9 heteroatoms. The molecule has 28 heavy (non-hydrogen) atoms. The first-order chi connectivity index (χ1) is 13.3. The van der Waals surface area contributed by atoms with E-state index in [2.05, 4.69) is 30.8 Å². The number of aromatic nitrogens is 3. The SMILES string of the molecule is CCc1ccc(NS(=O)(=O)c2nnc(C)c(=O)n2Cc2ccc(Br)cc2)cc1. The van der Waals surface area contributed by atoms with Gasteiger partial charge in [-0.15, -0.1) is 10.2 Å². The van der Waals surface area contributed by atoms with E-state index in [0.29, 0.717) is 5.69 Å². The molecule has 0 radical (unpaired) electrons. The zero-order valence-electron chi connectivity index (χ0n) is 15.4. The van der Waals surface area contributed by atoms with Crippen molar-refractivity contribution >= 4 is 31.6 Å². The Morgan fingerprint density at radius 3 is 2.21 bits per heavy atom. The van der Waals surface area contributed by atoms with Crippen LogP contribution in [0.1, 0.15) is 23.7 Å². The first kappa shape index (κ1) is 20.2. The van der Waals surface area contributed by atoms with Crippen molar-refractivity contribution in [2.75, 3.05) is 4.72 Å². The molecule has 0 aliphatic carbocycles. The molecule has 1 heterocycles. The molecule has 0 saturated heterocycles. The van der Waals surface area contributed by atoms with Crippen molar-refractivity contribution in [3.8, 4) is 0 Å². The maximum absolute atomic E-state index is 12.9. The first-order valence-electron chi connectivity index (χ1n) is 8.60. The lowest BCUT2D eigenvalue weighted by molar-refractivity contribution is 0.544. The highest BCUT2D eigenvalue weighted by Gasteiger charge is 2.23. The van der Waals surface area contributed by atoms with E-state index < -0.39 is 20.7 Å². The molecule has 146 valence electrons. The second-order valence-corrected chi connectivity index (χ2v) is 8.73. The van der Waals surface area contributed by atoms with E-state index in [1.807, 2.05) is 31.2 Å². The molecule has 0 bridgehead atoms. The average Bonchev–Trinajstić information content (AvgIpc) is 2.67. The van der Waals surface area contributed by atoms with Gasteiger partial charge in [0.1, 0.15) is 5.69 Å². The summed E-state index contributed by atoms with van der Waals surface area (Å²) in [5.41, 5.74) is 1.87. The molecular formula is C19H19BrN4O3S. The Hall–Kier alpha value is -2.52. The average molecular weight is 463 g/mol. The van der Waals surface area contributed by atoms with Crippen molar-refractivity contribution in [1.82, 2.24) is 14.8 Å². The van der Waals surface area contributed by atoms with Crippen LogP contribution in [-0.2, 0) is 23.0 Å². The highest BCUT2D eigenvalue weighted by molar-refractivity contribution is 9.10. The van der Waals surface area contributed by atoms with Gasteiger partial charge >= 0.3 is 0 Å². The van der Waals surface area contributed by atoms with Crippen molar-refractivity contribution in [1.29, 1.82) is 0 Å². The number of hydrogen-bond acceptors (Lipinski definition) is 5. The predicted octanol–water partition coefficient (Wildman–Crippen LogP) is 3.12. The van der Waals surface area contributed by atoms with E-state index in [1.165, 1.54) is 6.92 Å². The van der Waals surface area contributed by atoms with E-state index in [1.54, 1.807) is 24.3 Å². The van der Waals surface area contributed by atoms with Crippen LogP contribution in [0.25, 0.3) is 0 Å². The third-order valence-electron chi connectivity index (χ3n) is 4.18. The molecule has 1 aromatic heterocycles. The monoisotopic (exact) mass is 462 g/mol. The number of halogens is 1. The summed E-state index contributed by atoms with van der Waals surface area (Å²) in [7, 11) is -4.10. The highest BCUT2D eigenvalue weighted by atomic mass is 79.9. The van der Waals surface area contributed by atoms with Gasteiger partial charge in [0.05, 0.1) is 6.54 Å². The van der Waals surface area contributed by atoms with Gasteiger partial charge in [0, 0.05) is 10.2 Å². The number of nitrogens with zero attached hydrogens (tertiary/aromatic N) is 3. The minimum atomic E-state index is -4.10. The molecule has 0 atom stereocenters. The Kier molecular flexibility index (Phi) is 5.95. The maximum Gasteiger partial charge on any atom is 0.297 e. The van der Waals surface area contributed by atoms with Crippen molar-refractivity contribution in [3.05, 3.63) is 80.2 Å². The van der Waals surface area contributed by atoms with Gasteiger partial charge in [-0.2, -0.15) is 8.42 Å². The molecule has 0 spiro atoms. The number of hydrogen-bond donors (Lipinski definition) is 1. The molecule has 0 fully saturated rings. The molecule has 2 aromatic carbocycles. The van der Waals surface area contributed by atoms with Gasteiger partial charge in [0.15, 0.2) is 0 Å². The Morgan fingerprint density at radius 1 is 1.00 bits per heavy atom. The molecular weight excluding hydrogens is 444 g/mol. The van der Waals surface area contributed by atoms with Crippen LogP contribution in [0.5, 0.6) is 0 Å². The van der Waals surface area contributed by atoms with Gasteiger partial charge in [0.2, 0.25) is 0 Å². The van der Waals surface area contributed by atoms with Crippen LogP contribution in [0.2, 0.25) is 0 Å². The number of sulfonamides is 1.